The Balaban J connectivity index is 1.75. The second-order valence-electron chi connectivity index (χ2n) is 5.14. The summed E-state index contributed by atoms with van der Waals surface area (Å²) in [4.78, 5) is 23.4. The van der Waals surface area contributed by atoms with E-state index in [9.17, 15) is 9.59 Å². The lowest BCUT2D eigenvalue weighted by Crippen LogP contribution is -2.43. The summed E-state index contributed by atoms with van der Waals surface area (Å²) in [6, 6.07) is 13.1. The number of carbonyl (C=O) groups is 2. The van der Waals surface area contributed by atoms with E-state index in [1.165, 1.54) is 6.08 Å². The van der Waals surface area contributed by atoms with Crippen LogP contribution in [0.25, 0.3) is 6.08 Å². The minimum absolute atomic E-state index is 0.220. The van der Waals surface area contributed by atoms with Gasteiger partial charge in [0.15, 0.2) is 6.61 Å². The highest BCUT2D eigenvalue weighted by Gasteiger charge is 2.06. The van der Waals surface area contributed by atoms with Gasteiger partial charge in [-0.25, -0.2) is 0 Å². The van der Waals surface area contributed by atoms with Crippen molar-refractivity contribution in [3.63, 3.8) is 0 Å². The maximum Gasteiger partial charge on any atom is 0.276 e. The second-order valence-corrected chi connectivity index (χ2v) is 6.91. The summed E-state index contributed by atoms with van der Waals surface area (Å²) in [6.45, 7) is 1.77. The van der Waals surface area contributed by atoms with E-state index in [2.05, 4.69) is 42.7 Å². The lowest BCUT2D eigenvalue weighted by Gasteiger charge is -2.09. The van der Waals surface area contributed by atoms with Crippen molar-refractivity contribution in [3.05, 3.63) is 68.6 Å². The Morgan fingerprint density at radius 1 is 1.08 bits per heavy atom. The molecule has 25 heavy (non-hydrogen) atoms. The molecule has 0 atom stereocenters. The van der Waals surface area contributed by atoms with Gasteiger partial charge in [0.05, 0.1) is 4.47 Å². The molecule has 2 amide bonds. The summed E-state index contributed by atoms with van der Waals surface area (Å²) >= 11 is 6.67. The zero-order valence-electron chi connectivity index (χ0n) is 13.4. The molecule has 0 saturated heterocycles. The summed E-state index contributed by atoms with van der Waals surface area (Å²) in [5.41, 5.74) is 6.63. The normalized spacial score (nSPS) is 10.5. The molecule has 2 aromatic carbocycles. The fraction of sp³-hybridized carbons (Fsp3) is 0.111. The molecule has 130 valence electrons. The maximum absolute atomic E-state index is 11.7. The van der Waals surface area contributed by atoms with Crippen molar-refractivity contribution in [3.8, 4) is 5.75 Å². The van der Waals surface area contributed by atoms with Crippen molar-refractivity contribution in [1.82, 2.24) is 10.9 Å². The number of hydrogen-bond donors (Lipinski definition) is 2. The first-order chi connectivity index (χ1) is 11.9. The van der Waals surface area contributed by atoms with Crippen LogP contribution in [0.4, 0.5) is 0 Å². The van der Waals surface area contributed by atoms with Gasteiger partial charge in [-0.3, -0.25) is 20.4 Å². The van der Waals surface area contributed by atoms with Gasteiger partial charge >= 0.3 is 0 Å². The highest BCUT2D eigenvalue weighted by molar-refractivity contribution is 9.11. The van der Waals surface area contributed by atoms with Gasteiger partial charge in [-0.05, 0) is 52.7 Å². The molecule has 2 N–H and O–H groups in total. The molecule has 0 saturated carbocycles. The molecule has 0 unspecified atom stereocenters. The zero-order valence-corrected chi connectivity index (χ0v) is 16.6. The van der Waals surface area contributed by atoms with Gasteiger partial charge in [-0.1, -0.05) is 45.8 Å². The van der Waals surface area contributed by atoms with E-state index in [1.54, 1.807) is 18.2 Å². The largest absolute Gasteiger partial charge is 0.483 e. The van der Waals surface area contributed by atoms with Crippen LogP contribution in [-0.2, 0) is 9.59 Å². The van der Waals surface area contributed by atoms with E-state index >= 15 is 0 Å². The first-order valence-electron chi connectivity index (χ1n) is 7.35. The van der Waals surface area contributed by atoms with Crippen molar-refractivity contribution >= 4 is 49.8 Å². The van der Waals surface area contributed by atoms with Crippen LogP contribution >= 0.6 is 31.9 Å². The van der Waals surface area contributed by atoms with Gasteiger partial charge in [-0.2, -0.15) is 0 Å². The number of benzene rings is 2. The van der Waals surface area contributed by atoms with Crippen molar-refractivity contribution in [2.45, 2.75) is 6.92 Å². The quantitative estimate of drug-likeness (QED) is 0.519. The minimum atomic E-state index is -0.466. The molecule has 7 heteroatoms. The lowest BCUT2D eigenvalue weighted by atomic mass is 10.1. The average molecular weight is 468 g/mol. The molecule has 0 fully saturated rings. The summed E-state index contributed by atoms with van der Waals surface area (Å²) in [7, 11) is 0. The molecule has 5 nitrogen and oxygen atoms in total. The molecule has 0 aliphatic heterocycles. The van der Waals surface area contributed by atoms with Crippen LogP contribution in [0.5, 0.6) is 5.75 Å². The van der Waals surface area contributed by atoms with Crippen LogP contribution in [0, 0.1) is 6.92 Å². The fourth-order valence-electron chi connectivity index (χ4n) is 1.79. The predicted octanol–water partition coefficient (Wildman–Crippen LogP) is 3.76. The van der Waals surface area contributed by atoms with Crippen molar-refractivity contribution in [2.75, 3.05) is 6.61 Å². The Bertz CT molecular complexity index is 789. The Morgan fingerprint density at radius 3 is 2.48 bits per heavy atom. The van der Waals surface area contributed by atoms with E-state index < -0.39 is 11.8 Å². The molecular weight excluding hydrogens is 452 g/mol. The Hall–Kier alpha value is -2.12. The van der Waals surface area contributed by atoms with Gasteiger partial charge in [0.2, 0.25) is 0 Å². The molecule has 0 radical (unpaired) electrons. The van der Waals surface area contributed by atoms with Gasteiger partial charge in [0, 0.05) is 10.5 Å². The van der Waals surface area contributed by atoms with Crippen molar-refractivity contribution < 1.29 is 14.3 Å². The zero-order chi connectivity index (χ0) is 18.2. The SMILES string of the molecule is Cc1ccc(C=CC(=O)NNC(=O)COc2ccc(Br)cc2Br)cc1. The third kappa shape index (κ3) is 6.72. The van der Waals surface area contributed by atoms with Crippen LogP contribution in [0.3, 0.4) is 0 Å². The van der Waals surface area contributed by atoms with Crippen LogP contribution in [0.15, 0.2) is 57.5 Å². The highest BCUT2D eigenvalue weighted by Crippen LogP contribution is 2.27. The molecular formula is C18H16Br2N2O3. The average Bonchev–Trinajstić information content (AvgIpc) is 2.58. The van der Waals surface area contributed by atoms with E-state index in [0.717, 1.165) is 20.1 Å². The monoisotopic (exact) mass is 466 g/mol. The molecule has 2 aromatic rings. The van der Waals surface area contributed by atoms with Gasteiger partial charge in [0.25, 0.3) is 11.8 Å². The molecule has 0 aliphatic rings. The Kier molecular flexibility index (Phi) is 7.21. The molecule has 0 aromatic heterocycles. The Morgan fingerprint density at radius 2 is 1.80 bits per heavy atom. The van der Waals surface area contributed by atoms with Crippen LogP contribution < -0.4 is 15.6 Å². The summed E-state index contributed by atoms with van der Waals surface area (Å²) in [5.74, 6) is -0.366. The minimum Gasteiger partial charge on any atom is -0.483 e. The number of aryl methyl sites for hydroxylation is 1. The van der Waals surface area contributed by atoms with Crippen LogP contribution in [0.1, 0.15) is 11.1 Å². The van der Waals surface area contributed by atoms with Crippen molar-refractivity contribution in [2.24, 2.45) is 0 Å². The standard InChI is InChI=1S/C18H16Br2N2O3/c1-12-2-4-13(5-3-12)6-9-17(23)21-22-18(24)11-25-16-8-7-14(19)10-15(16)20/h2-10H,11H2,1H3,(H,21,23)(H,22,24). The van der Waals surface area contributed by atoms with Gasteiger partial charge < -0.3 is 4.74 Å². The summed E-state index contributed by atoms with van der Waals surface area (Å²) in [5, 5.41) is 0. The van der Waals surface area contributed by atoms with Crippen LogP contribution in [-0.4, -0.2) is 18.4 Å². The van der Waals surface area contributed by atoms with E-state index in [0.29, 0.717) is 5.75 Å². The third-order valence-corrected chi connectivity index (χ3v) is 4.20. The number of hydrogen-bond acceptors (Lipinski definition) is 3. The number of nitrogens with one attached hydrogen (secondary N) is 2. The predicted molar refractivity (Wildman–Crippen MR) is 104 cm³/mol. The van der Waals surface area contributed by atoms with Crippen LogP contribution in [0.2, 0.25) is 0 Å². The van der Waals surface area contributed by atoms with E-state index in [-0.39, 0.29) is 6.61 Å². The topological polar surface area (TPSA) is 67.4 Å². The third-order valence-electron chi connectivity index (χ3n) is 3.08. The maximum atomic E-state index is 11.7. The molecule has 0 heterocycles. The number of carbonyl (C=O) groups excluding carboxylic acids is 2. The fourth-order valence-corrected chi connectivity index (χ4v) is 2.96. The number of ether oxygens (including phenoxy) is 1. The molecule has 0 bridgehead atoms. The summed E-state index contributed by atoms with van der Waals surface area (Å²) < 4.78 is 6.99. The smallest absolute Gasteiger partial charge is 0.276 e. The first-order valence-corrected chi connectivity index (χ1v) is 8.94. The number of hydrazine groups is 1. The Labute approximate surface area is 162 Å². The molecule has 0 aliphatic carbocycles. The number of rotatable bonds is 5. The summed E-state index contributed by atoms with van der Waals surface area (Å²) in [6.07, 6.45) is 3.01. The molecule has 0 spiro atoms. The van der Waals surface area contributed by atoms with E-state index in [1.807, 2.05) is 37.3 Å². The molecule has 2 rings (SSSR count). The van der Waals surface area contributed by atoms with Gasteiger partial charge in [-0.15, -0.1) is 0 Å². The highest BCUT2D eigenvalue weighted by atomic mass is 79.9. The number of halogens is 2. The van der Waals surface area contributed by atoms with E-state index in [4.69, 9.17) is 4.74 Å². The second kappa shape index (κ2) is 9.39. The lowest BCUT2D eigenvalue weighted by molar-refractivity contribution is -0.128. The van der Waals surface area contributed by atoms with Gasteiger partial charge in [0.1, 0.15) is 5.75 Å². The van der Waals surface area contributed by atoms with Crippen molar-refractivity contribution in [1.29, 1.82) is 0 Å². The first kappa shape index (κ1) is 19.2. The number of amides is 2.